The Labute approximate surface area is 195 Å². The summed E-state index contributed by atoms with van der Waals surface area (Å²) >= 11 is 18.5. The van der Waals surface area contributed by atoms with E-state index in [4.69, 9.17) is 44.1 Å². The van der Waals surface area contributed by atoms with Crippen molar-refractivity contribution in [1.29, 1.82) is 0 Å². The number of furan rings is 1. The first kappa shape index (κ1) is 22.5. The summed E-state index contributed by atoms with van der Waals surface area (Å²) in [6, 6.07) is 9.45. The second kappa shape index (κ2) is 9.44. The number of morpholine rings is 1. The minimum atomic E-state index is -4.21. The van der Waals surface area contributed by atoms with Gasteiger partial charge in [-0.15, -0.1) is 0 Å². The highest BCUT2D eigenvalue weighted by molar-refractivity contribution is 7.94. The van der Waals surface area contributed by atoms with Crippen LogP contribution in [0.25, 0.3) is 11.0 Å². The van der Waals surface area contributed by atoms with E-state index in [0.717, 1.165) is 32.8 Å². The third-order valence-electron chi connectivity index (χ3n) is 4.97. The number of nitrogens with one attached hydrogen (secondary N) is 1. The minimum Gasteiger partial charge on any atom is -0.462 e. The molecular weight excluding hydrogens is 485 g/mol. The first-order chi connectivity index (χ1) is 14.9. The molecule has 166 valence electrons. The Morgan fingerprint density at radius 1 is 1.10 bits per heavy atom. The average Bonchev–Trinajstić information content (AvgIpc) is 3.22. The number of nitrogens with zero attached hydrogens (tertiary/aromatic N) is 2. The van der Waals surface area contributed by atoms with Gasteiger partial charge in [-0.1, -0.05) is 29.3 Å². The zero-order chi connectivity index (χ0) is 22.0. The van der Waals surface area contributed by atoms with Crippen molar-refractivity contribution in [2.75, 3.05) is 48.5 Å². The lowest BCUT2D eigenvalue weighted by Crippen LogP contribution is -2.39. The topological polar surface area (TPSA) is 75.0 Å². The second-order valence-electron chi connectivity index (χ2n) is 6.98. The molecule has 1 saturated heterocycles. The summed E-state index contributed by atoms with van der Waals surface area (Å²) < 4.78 is 37.9. The third kappa shape index (κ3) is 4.74. The molecule has 0 aliphatic carbocycles. The predicted molar refractivity (Wildman–Crippen MR) is 124 cm³/mol. The Hall–Kier alpha value is -1.68. The summed E-state index contributed by atoms with van der Waals surface area (Å²) in [6.07, 6.45) is 1.54. The Bertz CT molecular complexity index is 1160. The third-order valence-corrected chi connectivity index (χ3v) is 8.16. The first-order valence-corrected chi connectivity index (χ1v) is 12.1. The number of ether oxygens (including phenoxy) is 1. The van der Waals surface area contributed by atoms with Gasteiger partial charge in [0.15, 0.2) is 5.58 Å². The maximum atomic E-state index is 13.1. The molecule has 2 heterocycles. The Morgan fingerprint density at radius 3 is 2.52 bits per heavy atom. The van der Waals surface area contributed by atoms with Crippen LogP contribution < -0.4 is 9.14 Å². The normalized spacial score (nSPS) is 15.3. The number of benzene rings is 2. The summed E-state index contributed by atoms with van der Waals surface area (Å²) in [5, 5.41) is 4.01. The maximum Gasteiger partial charge on any atom is 0.281 e. The lowest BCUT2D eigenvalue weighted by Gasteiger charge is -2.26. The summed E-state index contributed by atoms with van der Waals surface area (Å²) in [4.78, 5) is 2.04. The minimum absolute atomic E-state index is 0.00796. The van der Waals surface area contributed by atoms with Crippen molar-refractivity contribution >= 4 is 67.3 Å². The van der Waals surface area contributed by atoms with Gasteiger partial charge in [-0.25, -0.2) is 0 Å². The molecular formula is C20H20Cl3N3O4S. The lowest BCUT2D eigenvalue weighted by atomic mass is 10.2. The SMILES string of the molecule is O=S(=O)(c1c(Cl)cccc1Cl)N(Cl)c1cc(NCCN2CCOCC2)c2occc2c1. The van der Waals surface area contributed by atoms with E-state index in [1.54, 1.807) is 30.5 Å². The zero-order valence-electron chi connectivity index (χ0n) is 16.4. The van der Waals surface area contributed by atoms with E-state index in [1.165, 1.54) is 12.1 Å². The summed E-state index contributed by atoms with van der Waals surface area (Å²) in [5.41, 5.74) is 1.49. The summed E-state index contributed by atoms with van der Waals surface area (Å²) in [5.74, 6) is 0. The van der Waals surface area contributed by atoms with Crippen molar-refractivity contribution in [2.24, 2.45) is 0 Å². The largest absolute Gasteiger partial charge is 0.462 e. The molecule has 1 aliphatic rings. The number of fused-ring (bicyclic) bond motifs is 1. The van der Waals surface area contributed by atoms with Gasteiger partial charge in [0.25, 0.3) is 10.0 Å². The first-order valence-electron chi connectivity index (χ1n) is 9.58. The highest BCUT2D eigenvalue weighted by Gasteiger charge is 2.29. The molecule has 0 spiro atoms. The van der Waals surface area contributed by atoms with Crippen LogP contribution in [0.5, 0.6) is 0 Å². The van der Waals surface area contributed by atoms with Crippen LogP contribution in [0.1, 0.15) is 0 Å². The molecule has 4 rings (SSSR count). The number of hydrogen-bond donors (Lipinski definition) is 1. The monoisotopic (exact) mass is 503 g/mol. The van der Waals surface area contributed by atoms with Crippen LogP contribution in [0.3, 0.4) is 0 Å². The van der Waals surface area contributed by atoms with E-state index < -0.39 is 10.0 Å². The van der Waals surface area contributed by atoms with Crippen LogP contribution in [0.4, 0.5) is 11.4 Å². The van der Waals surface area contributed by atoms with Gasteiger partial charge in [-0.3, -0.25) is 4.90 Å². The molecule has 1 aliphatic heterocycles. The predicted octanol–water partition coefficient (Wildman–Crippen LogP) is 4.83. The van der Waals surface area contributed by atoms with Gasteiger partial charge in [0.05, 0.1) is 40.9 Å². The molecule has 1 aromatic heterocycles. The summed E-state index contributed by atoms with van der Waals surface area (Å²) in [7, 11) is -4.21. The van der Waals surface area contributed by atoms with Crippen molar-refractivity contribution in [1.82, 2.24) is 4.90 Å². The van der Waals surface area contributed by atoms with Crippen molar-refractivity contribution in [3.63, 3.8) is 0 Å². The van der Waals surface area contributed by atoms with Crippen LogP contribution in [0.2, 0.25) is 10.0 Å². The molecule has 11 heteroatoms. The second-order valence-corrected chi connectivity index (χ2v) is 10.1. The van der Waals surface area contributed by atoms with Gasteiger partial charge in [-0.05, 0) is 30.3 Å². The molecule has 0 unspecified atom stereocenters. The molecule has 1 N–H and O–H groups in total. The lowest BCUT2D eigenvalue weighted by molar-refractivity contribution is 0.0398. The van der Waals surface area contributed by atoms with Crippen LogP contribution in [0, 0.1) is 0 Å². The van der Waals surface area contributed by atoms with Crippen LogP contribution in [-0.2, 0) is 14.8 Å². The molecule has 2 aromatic carbocycles. The van der Waals surface area contributed by atoms with E-state index in [2.05, 4.69) is 10.2 Å². The Kier molecular flexibility index (Phi) is 6.86. The van der Waals surface area contributed by atoms with Crippen molar-refractivity contribution in [3.05, 3.63) is 52.7 Å². The van der Waals surface area contributed by atoms with E-state index in [0.29, 0.717) is 27.0 Å². The molecule has 31 heavy (non-hydrogen) atoms. The number of rotatable bonds is 7. The van der Waals surface area contributed by atoms with Crippen molar-refractivity contribution < 1.29 is 17.6 Å². The number of halogens is 3. The number of sulfonamides is 1. The fraction of sp³-hybridized carbons (Fsp3) is 0.300. The van der Waals surface area contributed by atoms with E-state index in [9.17, 15) is 8.42 Å². The Balaban J connectivity index is 1.61. The van der Waals surface area contributed by atoms with Gasteiger partial charge >= 0.3 is 0 Å². The van der Waals surface area contributed by atoms with E-state index >= 15 is 0 Å². The molecule has 0 bridgehead atoms. The quantitative estimate of drug-likeness (QED) is 0.464. The molecule has 0 saturated carbocycles. The van der Waals surface area contributed by atoms with Gasteiger partial charge in [0.2, 0.25) is 0 Å². The number of hydrogen-bond acceptors (Lipinski definition) is 6. The Morgan fingerprint density at radius 2 is 1.81 bits per heavy atom. The molecule has 7 nitrogen and oxygen atoms in total. The van der Waals surface area contributed by atoms with Gasteiger partial charge in [0, 0.05) is 43.3 Å². The average molecular weight is 505 g/mol. The van der Waals surface area contributed by atoms with E-state index in [-0.39, 0.29) is 20.6 Å². The molecule has 0 atom stereocenters. The highest BCUT2D eigenvalue weighted by atomic mass is 35.5. The van der Waals surface area contributed by atoms with Crippen LogP contribution >= 0.6 is 35.0 Å². The molecule has 3 aromatic rings. The van der Waals surface area contributed by atoms with Gasteiger partial charge in [0.1, 0.15) is 4.90 Å². The van der Waals surface area contributed by atoms with E-state index in [1.807, 2.05) is 0 Å². The summed E-state index contributed by atoms with van der Waals surface area (Å²) in [6.45, 7) is 4.66. The molecule has 1 fully saturated rings. The number of anilines is 2. The maximum absolute atomic E-state index is 13.1. The van der Waals surface area contributed by atoms with Crippen molar-refractivity contribution in [3.8, 4) is 0 Å². The van der Waals surface area contributed by atoms with Crippen LogP contribution in [0.15, 0.2) is 52.0 Å². The zero-order valence-corrected chi connectivity index (χ0v) is 19.4. The fourth-order valence-electron chi connectivity index (χ4n) is 3.42. The molecule has 0 amide bonds. The standard InChI is InChI=1S/C20H20Cl3N3O4S/c21-16-2-1-3-17(22)20(16)31(27,28)26(23)15-12-14-4-9-30-19(14)18(13-15)24-5-6-25-7-10-29-11-8-25/h1-4,9,12-13,24H,5-8,10-11H2. The fourth-order valence-corrected chi connectivity index (χ4v) is 5.88. The van der Waals surface area contributed by atoms with Gasteiger partial charge in [-0.2, -0.15) is 12.2 Å². The van der Waals surface area contributed by atoms with Crippen LogP contribution in [-0.4, -0.2) is 52.7 Å². The van der Waals surface area contributed by atoms with Gasteiger partial charge < -0.3 is 14.5 Å². The highest BCUT2D eigenvalue weighted by Crippen LogP contribution is 2.38. The van der Waals surface area contributed by atoms with Crippen molar-refractivity contribution in [2.45, 2.75) is 4.90 Å². The molecule has 0 radical (unpaired) electrons. The smallest absolute Gasteiger partial charge is 0.281 e.